The van der Waals surface area contributed by atoms with Gasteiger partial charge in [-0.05, 0) is 55.9 Å². The number of esters is 1. The lowest BCUT2D eigenvalue weighted by Crippen LogP contribution is -2.50. The van der Waals surface area contributed by atoms with E-state index in [4.69, 9.17) is 16.3 Å². The van der Waals surface area contributed by atoms with Crippen LogP contribution in [-0.2, 0) is 32.1 Å². The second kappa shape index (κ2) is 12.8. The molecule has 1 aromatic carbocycles. The van der Waals surface area contributed by atoms with Crippen molar-refractivity contribution < 1.29 is 27.9 Å². The lowest BCUT2D eigenvalue weighted by atomic mass is 9.84. The maximum absolute atomic E-state index is 13.3. The minimum Gasteiger partial charge on any atom is -0.463 e. The molecule has 7 nitrogen and oxygen atoms in total. The Kier molecular flexibility index (Phi) is 10.1. The first kappa shape index (κ1) is 28.3. The molecule has 2 amide bonds. The maximum atomic E-state index is 13.3. The van der Waals surface area contributed by atoms with E-state index in [1.54, 1.807) is 11.0 Å². The molecule has 0 bridgehead atoms. The lowest BCUT2D eigenvalue weighted by molar-refractivity contribution is -0.146. The Bertz CT molecular complexity index is 926. The van der Waals surface area contributed by atoms with Crippen molar-refractivity contribution in [3.63, 3.8) is 0 Å². The number of ether oxygens (including phenoxy) is 1. The van der Waals surface area contributed by atoms with Gasteiger partial charge < -0.3 is 15.0 Å². The fraction of sp³-hybridized carbons (Fsp3) is 0.654. The molecule has 1 saturated carbocycles. The van der Waals surface area contributed by atoms with E-state index in [1.165, 1.54) is 0 Å². The van der Waals surface area contributed by atoms with Crippen LogP contribution in [0.15, 0.2) is 18.2 Å². The minimum atomic E-state index is -2.61. The standard InChI is InChI=1S/C26H36ClF2N3O4/c1-18(2)36-25(35)15-20-11-21(13-22(27)12-20)17-31-7-9-32(10-8-31)24(34)16-30-23(33)14-19-3-5-26(28,29)6-4-19/h11-13,18-19H,3-10,14-17H2,1-2H3,(H,30,33). The van der Waals surface area contributed by atoms with Crippen LogP contribution in [0.1, 0.15) is 57.1 Å². The number of piperazine rings is 1. The molecule has 3 rings (SSSR count). The molecule has 1 N–H and O–H groups in total. The van der Waals surface area contributed by atoms with Gasteiger partial charge in [-0.3, -0.25) is 19.3 Å². The van der Waals surface area contributed by atoms with Crippen molar-refractivity contribution in [1.29, 1.82) is 0 Å². The highest BCUT2D eigenvalue weighted by Gasteiger charge is 2.35. The number of alkyl halides is 2. The van der Waals surface area contributed by atoms with E-state index in [9.17, 15) is 23.2 Å². The van der Waals surface area contributed by atoms with Crippen LogP contribution in [0, 0.1) is 5.92 Å². The first-order valence-electron chi connectivity index (χ1n) is 12.6. The normalized spacial score (nSPS) is 18.8. The fourth-order valence-corrected chi connectivity index (χ4v) is 5.00. The third-order valence-electron chi connectivity index (χ3n) is 6.61. The Morgan fingerprint density at radius 3 is 2.36 bits per heavy atom. The summed E-state index contributed by atoms with van der Waals surface area (Å²) in [5, 5.41) is 3.22. The molecule has 1 heterocycles. The van der Waals surface area contributed by atoms with E-state index >= 15 is 0 Å². The zero-order valence-electron chi connectivity index (χ0n) is 21.0. The molecular formula is C26H36ClF2N3O4. The molecule has 1 aliphatic heterocycles. The molecule has 36 heavy (non-hydrogen) atoms. The quantitative estimate of drug-likeness (QED) is 0.494. The molecule has 200 valence electrons. The Morgan fingerprint density at radius 2 is 1.72 bits per heavy atom. The second-order valence-corrected chi connectivity index (χ2v) is 10.6. The zero-order valence-corrected chi connectivity index (χ0v) is 21.8. The topological polar surface area (TPSA) is 79.0 Å². The summed E-state index contributed by atoms with van der Waals surface area (Å²) in [7, 11) is 0. The summed E-state index contributed by atoms with van der Waals surface area (Å²) in [6, 6.07) is 5.59. The first-order chi connectivity index (χ1) is 17.0. The maximum Gasteiger partial charge on any atom is 0.310 e. The summed E-state index contributed by atoms with van der Waals surface area (Å²) in [4.78, 5) is 40.6. The van der Waals surface area contributed by atoms with Crippen LogP contribution in [0.3, 0.4) is 0 Å². The highest BCUT2D eigenvalue weighted by atomic mass is 35.5. The monoisotopic (exact) mass is 527 g/mol. The van der Waals surface area contributed by atoms with Crippen LogP contribution < -0.4 is 5.32 Å². The van der Waals surface area contributed by atoms with Crippen LogP contribution in [0.4, 0.5) is 8.78 Å². The molecule has 2 fully saturated rings. The molecule has 1 aliphatic carbocycles. The van der Waals surface area contributed by atoms with Crippen LogP contribution in [0.5, 0.6) is 0 Å². The summed E-state index contributed by atoms with van der Waals surface area (Å²) in [6.45, 7) is 6.62. The number of hydrogen-bond acceptors (Lipinski definition) is 5. The van der Waals surface area contributed by atoms with E-state index in [0.717, 1.165) is 11.1 Å². The van der Waals surface area contributed by atoms with Gasteiger partial charge in [0.1, 0.15) is 0 Å². The SMILES string of the molecule is CC(C)OC(=O)Cc1cc(Cl)cc(CN2CCN(C(=O)CNC(=O)CC3CCC(F)(F)CC3)CC2)c1. The number of carbonyl (C=O) groups is 3. The third kappa shape index (κ3) is 9.32. The second-order valence-electron chi connectivity index (χ2n) is 10.1. The van der Waals surface area contributed by atoms with E-state index in [-0.39, 0.29) is 62.0 Å². The highest BCUT2D eigenvalue weighted by molar-refractivity contribution is 6.30. The summed E-state index contributed by atoms with van der Waals surface area (Å²) in [6.07, 6.45) is 0.515. The molecular weight excluding hydrogens is 492 g/mol. The number of rotatable bonds is 9. The number of amides is 2. The van der Waals surface area contributed by atoms with Gasteiger partial charge in [0, 0.05) is 57.0 Å². The lowest BCUT2D eigenvalue weighted by Gasteiger charge is -2.35. The van der Waals surface area contributed by atoms with Gasteiger partial charge in [0.25, 0.3) is 0 Å². The van der Waals surface area contributed by atoms with Crippen molar-refractivity contribution >= 4 is 29.4 Å². The summed E-state index contributed by atoms with van der Waals surface area (Å²) in [5.41, 5.74) is 1.79. The van der Waals surface area contributed by atoms with Crippen molar-refractivity contribution in [3.8, 4) is 0 Å². The van der Waals surface area contributed by atoms with Crippen molar-refractivity contribution in [2.24, 2.45) is 5.92 Å². The van der Waals surface area contributed by atoms with Crippen molar-refractivity contribution in [1.82, 2.24) is 15.1 Å². The average molecular weight is 528 g/mol. The molecule has 2 aliphatic rings. The molecule has 1 aromatic rings. The summed E-state index contributed by atoms with van der Waals surface area (Å²) < 4.78 is 31.7. The van der Waals surface area contributed by atoms with Crippen LogP contribution in [0.2, 0.25) is 5.02 Å². The number of hydrogen-bond donors (Lipinski definition) is 1. The smallest absolute Gasteiger partial charge is 0.310 e. The van der Waals surface area contributed by atoms with Crippen LogP contribution in [-0.4, -0.2) is 72.3 Å². The van der Waals surface area contributed by atoms with Gasteiger partial charge in [-0.2, -0.15) is 0 Å². The molecule has 0 radical (unpaired) electrons. The Morgan fingerprint density at radius 1 is 1.08 bits per heavy atom. The number of nitrogens with one attached hydrogen (secondary N) is 1. The number of benzene rings is 1. The zero-order chi connectivity index (χ0) is 26.3. The molecule has 0 unspecified atom stereocenters. The number of nitrogens with zero attached hydrogens (tertiary/aromatic N) is 2. The molecule has 10 heteroatoms. The fourth-order valence-electron chi connectivity index (χ4n) is 4.72. The summed E-state index contributed by atoms with van der Waals surface area (Å²) in [5.74, 6) is -3.35. The van der Waals surface area contributed by atoms with Crippen LogP contribution >= 0.6 is 11.6 Å². The van der Waals surface area contributed by atoms with Crippen molar-refractivity contribution in [2.75, 3.05) is 32.7 Å². The van der Waals surface area contributed by atoms with Gasteiger partial charge in [-0.1, -0.05) is 17.7 Å². The molecule has 0 spiro atoms. The van der Waals surface area contributed by atoms with E-state index in [0.29, 0.717) is 50.6 Å². The summed E-state index contributed by atoms with van der Waals surface area (Å²) >= 11 is 6.26. The minimum absolute atomic E-state index is 0.0452. The van der Waals surface area contributed by atoms with Crippen molar-refractivity contribution in [3.05, 3.63) is 34.3 Å². The predicted octanol–water partition coefficient (Wildman–Crippen LogP) is 3.81. The largest absolute Gasteiger partial charge is 0.463 e. The predicted molar refractivity (Wildman–Crippen MR) is 133 cm³/mol. The number of carbonyl (C=O) groups excluding carboxylic acids is 3. The van der Waals surface area contributed by atoms with Crippen LogP contribution in [0.25, 0.3) is 0 Å². The molecule has 0 aromatic heterocycles. The Balaban J connectivity index is 1.39. The molecule has 1 saturated heterocycles. The highest BCUT2D eigenvalue weighted by Crippen LogP contribution is 2.37. The Labute approximate surface area is 216 Å². The van der Waals surface area contributed by atoms with E-state index < -0.39 is 5.92 Å². The van der Waals surface area contributed by atoms with Gasteiger partial charge in [-0.15, -0.1) is 0 Å². The van der Waals surface area contributed by atoms with E-state index in [1.807, 2.05) is 26.0 Å². The Hall–Kier alpha value is -2.26. The van der Waals surface area contributed by atoms with Gasteiger partial charge in [0.2, 0.25) is 17.7 Å². The van der Waals surface area contributed by atoms with E-state index in [2.05, 4.69) is 10.2 Å². The van der Waals surface area contributed by atoms with Gasteiger partial charge >= 0.3 is 5.97 Å². The van der Waals surface area contributed by atoms with Gasteiger partial charge in [-0.25, -0.2) is 8.78 Å². The number of halogens is 3. The third-order valence-corrected chi connectivity index (χ3v) is 6.83. The average Bonchev–Trinajstić information content (AvgIpc) is 2.78. The van der Waals surface area contributed by atoms with Gasteiger partial charge in [0.05, 0.1) is 19.1 Å². The van der Waals surface area contributed by atoms with Gasteiger partial charge in [0.15, 0.2) is 0 Å². The van der Waals surface area contributed by atoms with Crippen molar-refractivity contribution in [2.45, 2.75) is 70.9 Å². The molecule has 0 atom stereocenters. The first-order valence-corrected chi connectivity index (χ1v) is 13.0.